The van der Waals surface area contributed by atoms with E-state index in [0.29, 0.717) is 0 Å². The van der Waals surface area contributed by atoms with Crippen molar-refractivity contribution in [2.45, 2.75) is 19.3 Å². The number of aromatic nitrogens is 2. The first-order valence-corrected chi connectivity index (χ1v) is 19.0. The summed E-state index contributed by atoms with van der Waals surface area (Å²) in [6.07, 6.45) is 0. The summed E-state index contributed by atoms with van der Waals surface area (Å²) in [6, 6.07) is 63.9. The van der Waals surface area contributed by atoms with Crippen LogP contribution in [-0.4, -0.2) is 9.13 Å². The fourth-order valence-corrected chi connectivity index (χ4v) is 9.56. The highest BCUT2D eigenvalue weighted by atomic mass is 16.5. The van der Waals surface area contributed by atoms with Gasteiger partial charge in [-0.1, -0.05) is 117 Å². The van der Waals surface area contributed by atoms with Gasteiger partial charge in [0, 0.05) is 43.9 Å². The normalized spacial score (nSPS) is 13.9. The summed E-state index contributed by atoms with van der Waals surface area (Å²) in [7, 11) is 0. The van der Waals surface area contributed by atoms with E-state index in [0.717, 1.165) is 45.2 Å². The molecule has 260 valence electrons. The summed E-state index contributed by atoms with van der Waals surface area (Å²) in [5, 5.41) is 4.89. The van der Waals surface area contributed by atoms with E-state index in [1.54, 1.807) is 0 Å². The van der Waals surface area contributed by atoms with Gasteiger partial charge in [0.1, 0.15) is 0 Å². The molecule has 0 aliphatic carbocycles. The molecule has 0 saturated carbocycles. The van der Waals surface area contributed by atoms with Crippen molar-refractivity contribution in [1.29, 1.82) is 0 Å². The van der Waals surface area contributed by atoms with Gasteiger partial charge in [-0.2, -0.15) is 0 Å². The first kappa shape index (κ1) is 30.4. The Morgan fingerprint density at radius 2 is 1.00 bits per heavy atom. The molecule has 0 amide bonds. The SMILES string of the molecule is CC1(C)c2ccccc2N(c2ccc3c(c2)c2ccccc2n3-c2ccc(-c3ccc4c5ccccc5n5c4c3Oc3ccccc3-5)cc2)c2ccccc21. The zero-order valence-corrected chi connectivity index (χ0v) is 30.5. The number of hydrogen-bond donors (Lipinski definition) is 0. The van der Waals surface area contributed by atoms with E-state index in [1.165, 1.54) is 60.6 Å². The third kappa shape index (κ3) is 4.11. The van der Waals surface area contributed by atoms with Gasteiger partial charge >= 0.3 is 0 Å². The molecule has 4 heteroatoms. The lowest BCUT2D eigenvalue weighted by atomic mass is 9.73. The van der Waals surface area contributed by atoms with Crippen LogP contribution in [-0.2, 0) is 5.41 Å². The molecule has 8 aromatic carbocycles. The maximum atomic E-state index is 6.77. The van der Waals surface area contributed by atoms with Crippen LogP contribution in [0.3, 0.4) is 0 Å². The molecule has 2 aromatic heterocycles. The molecule has 10 aromatic rings. The number of hydrogen-bond acceptors (Lipinski definition) is 2. The molecule has 2 aliphatic rings. The minimum atomic E-state index is -0.103. The zero-order valence-electron chi connectivity index (χ0n) is 30.5. The predicted octanol–water partition coefficient (Wildman–Crippen LogP) is 13.8. The Morgan fingerprint density at radius 1 is 0.436 bits per heavy atom. The topological polar surface area (TPSA) is 22.3 Å². The second kappa shape index (κ2) is 11.0. The van der Waals surface area contributed by atoms with Crippen molar-refractivity contribution in [3.8, 4) is 34.0 Å². The van der Waals surface area contributed by atoms with Crippen molar-refractivity contribution in [2.75, 3.05) is 4.90 Å². The molecule has 12 rings (SSSR count). The standard InChI is InChI=1S/C51H35N3O/c1-51(2)40-15-5-9-19-45(40)53(46-20-10-6-16-41(46)51)34-27-30-44-39(31-34)37-14-4-7-17-42(37)52(44)33-25-23-32(24-26-33)35-28-29-38-36-13-3-8-18-43(36)54-47-21-11-12-22-48(47)55-50(35)49(38)54/h3-31H,1-2H3. The summed E-state index contributed by atoms with van der Waals surface area (Å²) in [4.78, 5) is 2.44. The van der Waals surface area contributed by atoms with Crippen LogP contribution in [0.1, 0.15) is 25.0 Å². The van der Waals surface area contributed by atoms with E-state index >= 15 is 0 Å². The van der Waals surface area contributed by atoms with Gasteiger partial charge in [-0.3, -0.25) is 0 Å². The van der Waals surface area contributed by atoms with Gasteiger partial charge in [-0.05, 0) is 89.5 Å². The van der Waals surface area contributed by atoms with Crippen LogP contribution in [0, 0.1) is 0 Å². The van der Waals surface area contributed by atoms with E-state index in [1.807, 2.05) is 6.07 Å². The van der Waals surface area contributed by atoms with E-state index in [9.17, 15) is 0 Å². The number of ether oxygens (including phenoxy) is 1. The molecule has 55 heavy (non-hydrogen) atoms. The fourth-order valence-electron chi connectivity index (χ4n) is 9.56. The van der Waals surface area contributed by atoms with E-state index in [-0.39, 0.29) is 5.41 Å². The largest absolute Gasteiger partial charge is 0.452 e. The van der Waals surface area contributed by atoms with Crippen LogP contribution in [0.15, 0.2) is 176 Å². The summed E-state index contributed by atoms with van der Waals surface area (Å²) >= 11 is 0. The van der Waals surface area contributed by atoms with E-state index in [2.05, 4.69) is 198 Å². The summed E-state index contributed by atoms with van der Waals surface area (Å²) < 4.78 is 11.5. The van der Waals surface area contributed by atoms with Crippen LogP contribution >= 0.6 is 0 Å². The van der Waals surface area contributed by atoms with E-state index in [4.69, 9.17) is 4.74 Å². The second-order valence-corrected chi connectivity index (χ2v) is 15.4. The molecular weight excluding hydrogens is 671 g/mol. The number of rotatable bonds is 3. The van der Waals surface area contributed by atoms with Gasteiger partial charge in [0.25, 0.3) is 0 Å². The first-order valence-electron chi connectivity index (χ1n) is 19.0. The molecule has 0 unspecified atom stereocenters. The lowest BCUT2D eigenvalue weighted by Gasteiger charge is -2.42. The summed E-state index contributed by atoms with van der Waals surface area (Å²) in [5.74, 6) is 1.76. The predicted molar refractivity (Wildman–Crippen MR) is 227 cm³/mol. The van der Waals surface area contributed by atoms with Crippen molar-refractivity contribution in [3.05, 3.63) is 187 Å². The Hall–Kier alpha value is -7.04. The molecule has 0 bridgehead atoms. The minimum Gasteiger partial charge on any atom is -0.452 e. The fraction of sp³-hybridized carbons (Fsp3) is 0.0588. The Labute approximate surface area is 318 Å². The van der Waals surface area contributed by atoms with Gasteiger partial charge in [0.2, 0.25) is 0 Å². The molecular formula is C51H35N3O. The lowest BCUT2D eigenvalue weighted by Crippen LogP contribution is -2.30. The number of anilines is 3. The van der Waals surface area contributed by atoms with Crippen LogP contribution in [0.5, 0.6) is 11.5 Å². The molecule has 4 heterocycles. The minimum absolute atomic E-state index is 0.103. The molecule has 0 N–H and O–H groups in total. The molecule has 4 nitrogen and oxygen atoms in total. The molecule has 0 radical (unpaired) electrons. The molecule has 0 atom stereocenters. The Morgan fingerprint density at radius 3 is 1.73 bits per heavy atom. The highest BCUT2D eigenvalue weighted by molar-refractivity contribution is 6.14. The van der Waals surface area contributed by atoms with Crippen molar-refractivity contribution >= 4 is 60.7 Å². The third-order valence-corrected chi connectivity index (χ3v) is 12.1. The van der Waals surface area contributed by atoms with Gasteiger partial charge < -0.3 is 18.8 Å². The second-order valence-electron chi connectivity index (χ2n) is 15.4. The Kier molecular flexibility index (Phi) is 6.09. The Balaban J connectivity index is 1.00. The van der Waals surface area contributed by atoms with Gasteiger partial charge in [-0.15, -0.1) is 0 Å². The van der Waals surface area contributed by atoms with E-state index < -0.39 is 0 Å². The zero-order chi connectivity index (χ0) is 36.4. The van der Waals surface area contributed by atoms with Crippen molar-refractivity contribution in [3.63, 3.8) is 0 Å². The van der Waals surface area contributed by atoms with Crippen LogP contribution in [0.4, 0.5) is 17.1 Å². The highest BCUT2D eigenvalue weighted by Gasteiger charge is 2.36. The third-order valence-electron chi connectivity index (χ3n) is 12.1. The van der Waals surface area contributed by atoms with Gasteiger partial charge in [0.05, 0.1) is 39.1 Å². The monoisotopic (exact) mass is 705 g/mol. The summed E-state index contributed by atoms with van der Waals surface area (Å²) in [6.45, 7) is 4.67. The Bertz CT molecular complexity index is 3170. The van der Waals surface area contributed by atoms with Crippen LogP contribution in [0.2, 0.25) is 0 Å². The maximum Gasteiger partial charge on any atom is 0.160 e. The molecule has 0 spiro atoms. The van der Waals surface area contributed by atoms with Crippen molar-refractivity contribution in [1.82, 2.24) is 9.13 Å². The smallest absolute Gasteiger partial charge is 0.160 e. The van der Waals surface area contributed by atoms with Crippen LogP contribution < -0.4 is 9.64 Å². The summed E-state index contributed by atoms with van der Waals surface area (Å²) in [5.41, 5.74) is 15.2. The average molecular weight is 706 g/mol. The quantitative estimate of drug-likeness (QED) is 0.183. The maximum absolute atomic E-state index is 6.77. The molecule has 0 saturated heterocycles. The van der Waals surface area contributed by atoms with Crippen molar-refractivity contribution < 1.29 is 4.74 Å². The number of nitrogens with zero attached hydrogens (tertiary/aromatic N) is 3. The first-order chi connectivity index (χ1) is 27.1. The average Bonchev–Trinajstić information content (AvgIpc) is 3.75. The van der Waals surface area contributed by atoms with Gasteiger partial charge in [0.15, 0.2) is 11.5 Å². The number of benzene rings is 8. The van der Waals surface area contributed by atoms with Crippen LogP contribution in [0.25, 0.3) is 66.1 Å². The van der Waals surface area contributed by atoms with Gasteiger partial charge in [-0.25, -0.2) is 0 Å². The highest BCUT2D eigenvalue weighted by Crippen LogP contribution is 2.53. The number of fused-ring (bicyclic) bond motifs is 10. The van der Waals surface area contributed by atoms with Crippen molar-refractivity contribution in [2.24, 2.45) is 0 Å². The number of para-hydroxylation sites is 6. The lowest BCUT2D eigenvalue weighted by molar-refractivity contribution is 0.478. The molecule has 0 fully saturated rings. The molecule has 2 aliphatic heterocycles.